The highest BCUT2D eigenvalue weighted by atomic mass is 32.2. The topological polar surface area (TPSA) is 58.3 Å². The Bertz CT molecular complexity index is 525. The molecule has 0 amide bonds. The number of nitrogens with zero attached hydrogens (tertiary/aromatic N) is 1. The van der Waals surface area contributed by atoms with E-state index in [0.717, 1.165) is 47.9 Å². The van der Waals surface area contributed by atoms with Crippen molar-refractivity contribution in [2.24, 2.45) is 0 Å². The highest BCUT2D eigenvalue weighted by molar-refractivity contribution is 7.99. The second-order valence-corrected chi connectivity index (χ2v) is 6.59. The van der Waals surface area contributed by atoms with E-state index in [1.807, 2.05) is 24.3 Å². The summed E-state index contributed by atoms with van der Waals surface area (Å²) in [7, 11) is 0. The van der Waals surface area contributed by atoms with Crippen molar-refractivity contribution in [1.29, 1.82) is 0 Å². The van der Waals surface area contributed by atoms with Crippen LogP contribution in [0.2, 0.25) is 0 Å². The molecule has 21 heavy (non-hydrogen) atoms. The number of fused-ring (bicyclic) bond motifs is 1. The van der Waals surface area contributed by atoms with Crippen LogP contribution in [0.3, 0.4) is 0 Å². The first-order chi connectivity index (χ1) is 10.2. The summed E-state index contributed by atoms with van der Waals surface area (Å²) in [4.78, 5) is 4.45. The molecule has 4 nitrogen and oxygen atoms in total. The summed E-state index contributed by atoms with van der Waals surface area (Å²) in [6.07, 6.45) is 3.03. The average molecular weight is 308 g/mol. The number of aromatic nitrogens is 1. The van der Waals surface area contributed by atoms with Crippen LogP contribution in [-0.4, -0.2) is 34.5 Å². The first kappa shape index (κ1) is 16.3. The number of hydrogen-bond acceptors (Lipinski definition) is 5. The van der Waals surface area contributed by atoms with Crippen molar-refractivity contribution in [2.75, 3.05) is 18.9 Å². The number of aliphatic hydroxyl groups is 1. The quantitative estimate of drug-likeness (QED) is 0.549. The molecule has 0 radical (unpaired) electrons. The zero-order valence-corrected chi connectivity index (χ0v) is 13.6. The lowest BCUT2D eigenvalue weighted by Gasteiger charge is -2.28. The molecule has 1 atom stereocenters. The van der Waals surface area contributed by atoms with Gasteiger partial charge in [-0.3, -0.25) is 0 Å². The van der Waals surface area contributed by atoms with E-state index >= 15 is 0 Å². The van der Waals surface area contributed by atoms with E-state index in [0.29, 0.717) is 0 Å². The van der Waals surface area contributed by atoms with Gasteiger partial charge >= 0.3 is 0 Å². The summed E-state index contributed by atoms with van der Waals surface area (Å²) < 4.78 is 5.68. The fourth-order valence-corrected chi connectivity index (χ4v) is 2.96. The molecule has 0 spiro atoms. The minimum atomic E-state index is -0.183. The number of benzene rings is 1. The molecule has 116 valence electrons. The van der Waals surface area contributed by atoms with E-state index in [9.17, 15) is 5.11 Å². The summed E-state index contributed by atoms with van der Waals surface area (Å²) in [6.45, 7) is 5.32. The van der Waals surface area contributed by atoms with Crippen LogP contribution in [0.4, 0.5) is 0 Å². The molecule has 0 aliphatic rings. The predicted molar refractivity (Wildman–Crippen MR) is 87.8 cm³/mol. The van der Waals surface area contributed by atoms with Crippen molar-refractivity contribution in [2.45, 2.75) is 43.9 Å². The molecule has 0 fully saturated rings. The van der Waals surface area contributed by atoms with Crippen molar-refractivity contribution >= 4 is 22.9 Å². The van der Waals surface area contributed by atoms with Gasteiger partial charge in [0.2, 0.25) is 0 Å². The van der Waals surface area contributed by atoms with Crippen molar-refractivity contribution < 1.29 is 9.52 Å². The summed E-state index contributed by atoms with van der Waals surface area (Å²) in [5.41, 5.74) is 1.56. The number of para-hydroxylation sites is 2. The van der Waals surface area contributed by atoms with Gasteiger partial charge in [0.25, 0.3) is 5.22 Å². The van der Waals surface area contributed by atoms with Gasteiger partial charge in [-0.15, -0.1) is 0 Å². The number of nitrogens with one attached hydrogen (secondary N) is 1. The van der Waals surface area contributed by atoms with E-state index in [4.69, 9.17) is 4.42 Å². The van der Waals surface area contributed by atoms with Gasteiger partial charge in [-0.1, -0.05) is 30.8 Å². The van der Waals surface area contributed by atoms with Crippen molar-refractivity contribution in [3.05, 3.63) is 24.3 Å². The lowest BCUT2D eigenvalue weighted by atomic mass is 9.97. The first-order valence-electron chi connectivity index (χ1n) is 7.51. The van der Waals surface area contributed by atoms with E-state index < -0.39 is 0 Å². The van der Waals surface area contributed by atoms with Crippen LogP contribution in [0, 0.1) is 0 Å². The second-order valence-electron chi connectivity index (χ2n) is 5.55. The Morgan fingerprint density at radius 1 is 1.38 bits per heavy atom. The monoisotopic (exact) mass is 308 g/mol. The van der Waals surface area contributed by atoms with Crippen LogP contribution in [0.5, 0.6) is 0 Å². The van der Waals surface area contributed by atoms with Gasteiger partial charge in [0.15, 0.2) is 5.58 Å². The zero-order chi connectivity index (χ0) is 15.1. The number of thioether (sulfide) groups is 1. The Hall–Kier alpha value is -1.04. The molecule has 1 heterocycles. The van der Waals surface area contributed by atoms with Gasteiger partial charge in [0.1, 0.15) is 5.52 Å². The highest BCUT2D eigenvalue weighted by Crippen LogP contribution is 2.24. The first-order valence-corrected chi connectivity index (χ1v) is 8.50. The van der Waals surface area contributed by atoms with Crippen LogP contribution in [0.15, 0.2) is 33.9 Å². The summed E-state index contributed by atoms with van der Waals surface area (Å²) >= 11 is 1.63. The molecule has 0 aliphatic carbocycles. The third-order valence-electron chi connectivity index (χ3n) is 3.52. The van der Waals surface area contributed by atoms with Crippen molar-refractivity contribution in [1.82, 2.24) is 10.3 Å². The highest BCUT2D eigenvalue weighted by Gasteiger charge is 2.21. The smallest absolute Gasteiger partial charge is 0.256 e. The molecular weight excluding hydrogens is 284 g/mol. The maximum Gasteiger partial charge on any atom is 0.256 e. The van der Waals surface area contributed by atoms with E-state index in [1.54, 1.807) is 11.8 Å². The number of rotatable bonds is 9. The molecule has 1 aromatic heterocycles. The minimum Gasteiger partial charge on any atom is -0.431 e. The largest absolute Gasteiger partial charge is 0.431 e. The number of aliphatic hydroxyl groups excluding tert-OH is 1. The molecule has 5 heteroatoms. The molecular formula is C16H24N2O2S. The van der Waals surface area contributed by atoms with Crippen LogP contribution in [-0.2, 0) is 0 Å². The van der Waals surface area contributed by atoms with Gasteiger partial charge in [-0.05, 0) is 44.9 Å². The maximum absolute atomic E-state index is 9.52. The second kappa shape index (κ2) is 7.82. The van der Waals surface area contributed by atoms with Gasteiger partial charge in [0.05, 0.1) is 6.61 Å². The van der Waals surface area contributed by atoms with E-state index in [-0.39, 0.29) is 12.1 Å². The molecule has 0 saturated carbocycles. The molecule has 0 saturated heterocycles. The van der Waals surface area contributed by atoms with Crippen LogP contribution < -0.4 is 5.32 Å². The zero-order valence-electron chi connectivity index (χ0n) is 12.8. The Morgan fingerprint density at radius 2 is 2.19 bits per heavy atom. The van der Waals surface area contributed by atoms with Crippen LogP contribution in [0.1, 0.15) is 33.1 Å². The molecule has 2 aromatic rings. The summed E-state index contributed by atoms with van der Waals surface area (Å²) in [5, 5.41) is 13.7. The maximum atomic E-state index is 9.52. The lowest BCUT2D eigenvalue weighted by molar-refractivity contribution is 0.165. The molecule has 2 N–H and O–H groups in total. The standard InChI is InChI=1S/C16H24N2O2S/c1-3-10-17-16(2,12-19)9-6-11-21-15-18-13-7-4-5-8-14(13)20-15/h4-5,7-8,17,19H,3,6,9-12H2,1-2H3. The van der Waals surface area contributed by atoms with E-state index in [1.165, 1.54) is 0 Å². The van der Waals surface area contributed by atoms with Gasteiger partial charge < -0.3 is 14.8 Å². The Labute approximate surface area is 130 Å². The third-order valence-corrected chi connectivity index (χ3v) is 4.44. The SMILES string of the molecule is CCCNC(C)(CO)CCCSc1nc2ccccc2o1. The Balaban J connectivity index is 1.78. The lowest BCUT2D eigenvalue weighted by Crippen LogP contribution is -2.46. The van der Waals surface area contributed by atoms with Gasteiger partial charge in [-0.25, -0.2) is 4.98 Å². The van der Waals surface area contributed by atoms with Crippen molar-refractivity contribution in [3.63, 3.8) is 0 Å². The van der Waals surface area contributed by atoms with E-state index in [2.05, 4.69) is 24.1 Å². The average Bonchev–Trinajstić information content (AvgIpc) is 2.92. The van der Waals surface area contributed by atoms with Crippen molar-refractivity contribution in [3.8, 4) is 0 Å². The fourth-order valence-electron chi connectivity index (χ4n) is 2.18. The Morgan fingerprint density at radius 3 is 2.90 bits per heavy atom. The van der Waals surface area contributed by atoms with Crippen LogP contribution in [0.25, 0.3) is 11.1 Å². The minimum absolute atomic E-state index is 0.167. The summed E-state index contributed by atoms with van der Waals surface area (Å²) in [6, 6.07) is 7.81. The third kappa shape index (κ3) is 4.73. The van der Waals surface area contributed by atoms with Gasteiger partial charge in [-0.2, -0.15) is 0 Å². The fraction of sp³-hybridized carbons (Fsp3) is 0.562. The molecule has 1 unspecified atom stereocenters. The Kier molecular flexibility index (Phi) is 6.08. The van der Waals surface area contributed by atoms with Gasteiger partial charge in [0, 0.05) is 11.3 Å². The number of hydrogen-bond donors (Lipinski definition) is 2. The molecule has 0 bridgehead atoms. The number of oxazole rings is 1. The molecule has 1 aromatic carbocycles. The predicted octanol–water partition coefficient (Wildman–Crippen LogP) is 3.45. The molecule has 0 aliphatic heterocycles. The summed E-state index contributed by atoms with van der Waals surface area (Å²) in [5.74, 6) is 0.941. The normalized spacial score (nSPS) is 14.4. The molecule has 2 rings (SSSR count). The van der Waals surface area contributed by atoms with Crippen LogP contribution >= 0.6 is 11.8 Å².